The molecule has 2 nitrogen and oxygen atoms in total. The van der Waals surface area contributed by atoms with Gasteiger partial charge in [0.2, 0.25) is 0 Å². The fourth-order valence-electron chi connectivity index (χ4n) is 1.34. The van der Waals surface area contributed by atoms with Gasteiger partial charge in [-0.3, -0.25) is 0 Å². The average molecular weight is 129 g/mol. The first-order valence-corrected chi connectivity index (χ1v) is 3.64. The quantitative estimate of drug-likeness (QED) is 0.540. The number of aliphatic hydroxyl groups excluding tert-OH is 1. The van der Waals surface area contributed by atoms with Crippen molar-refractivity contribution < 1.29 is 5.11 Å². The van der Waals surface area contributed by atoms with E-state index in [1.165, 1.54) is 6.42 Å². The lowest BCUT2D eigenvalue weighted by atomic mass is 10.1. The van der Waals surface area contributed by atoms with Gasteiger partial charge in [-0.25, -0.2) is 0 Å². The molecule has 0 radical (unpaired) electrons. The second-order valence-corrected chi connectivity index (χ2v) is 2.99. The lowest BCUT2D eigenvalue weighted by Crippen LogP contribution is -2.35. The molecule has 0 aromatic carbocycles. The Kier molecular flexibility index (Phi) is 2.09. The molecule has 1 aliphatic heterocycles. The molecular weight excluding hydrogens is 114 g/mol. The van der Waals surface area contributed by atoms with E-state index >= 15 is 0 Å². The molecule has 0 aromatic heterocycles. The summed E-state index contributed by atoms with van der Waals surface area (Å²) >= 11 is 0. The number of nitrogens with one attached hydrogen (secondary N) is 1. The monoisotopic (exact) mass is 129 g/mol. The summed E-state index contributed by atoms with van der Waals surface area (Å²) in [6.45, 7) is 4.00. The van der Waals surface area contributed by atoms with Gasteiger partial charge in [-0.2, -0.15) is 0 Å². The molecule has 0 bridgehead atoms. The Labute approximate surface area is 56.3 Å². The van der Waals surface area contributed by atoms with E-state index in [2.05, 4.69) is 12.2 Å². The summed E-state index contributed by atoms with van der Waals surface area (Å²) in [5.41, 5.74) is 0. The van der Waals surface area contributed by atoms with E-state index in [9.17, 15) is 0 Å². The second-order valence-electron chi connectivity index (χ2n) is 2.99. The molecule has 9 heavy (non-hydrogen) atoms. The molecular formula is C7H15NO. The molecule has 0 spiro atoms. The number of aliphatic hydroxyl groups is 1. The molecule has 2 unspecified atom stereocenters. The van der Waals surface area contributed by atoms with Gasteiger partial charge in [-0.15, -0.1) is 0 Å². The standard InChI is InChI=1S/C7H15NO/c1-5-3-4-7(8-5)6(2)9/h5-9H,3-4H2,1-2H3/t5?,6-,7?/m1/s1. The molecule has 0 aliphatic carbocycles. The molecule has 1 heterocycles. The van der Waals surface area contributed by atoms with Crippen molar-refractivity contribution in [2.45, 2.75) is 44.9 Å². The summed E-state index contributed by atoms with van der Waals surface area (Å²) in [6.07, 6.45) is 2.14. The molecule has 0 aromatic rings. The van der Waals surface area contributed by atoms with Gasteiger partial charge in [0.15, 0.2) is 0 Å². The predicted octanol–water partition coefficient (Wildman–Crippen LogP) is 0.508. The van der Waals surface area contributed by atoms with E-state index in [0.29, 0.717) is 12.1 Å². The van der Waals surface area contributed by atoms with E-state index in [4.69, 9.17) is 5.11 Å². The van der Waals surface area contributed by atoms with Crippen molar-refractivity contribution in [1.82, 2.24) is 5.32 Å². The molecule has 2 heteroatoms. The summed E-state index contributed by atoms with van der Waals surface area (Å²) in [5, 5.41) is 12.4. The minimum atomic E-state index is -0.185. The van der Waals surface area contributed by atoms with Gasteiger partial charge >= 0.3 is 0 Å². The van der Waals surface area contributed by atoms with Crippen LogP contribution in [0.2, 0.25) is 0 Å². The van der Waals surface area contributed by atoms with Crippen molar-refractivity contribution in [3.63, 3.8) is 0 Å². The smallest absolute Gasteiger partial charge is 0.0665 e. The lowest BCUT2D eigenvalue weighted by molar-refractivity contribution is 0.152. The molecule has 1 rings (SSSR count). The molecule has 3 atom stereocenters. The Balaban J connectivity index is 2.30. The highest BCUT2D eigenvalue weighted by Crippen LogP contribution is 2.13. The van der Waals surface area contributed by atoms with Crippen LogP contribution in [-0.4, -0.2) is 23.3 Å². The average Bonchev–Trinajstić information content (AvgIpc) is 2.14. The highest BCUT2D eigenvalue weighted by molar-refractivity contribution is 4.83. The highest BCUT2D eigenvalue weighted by atomic mass is 16.3. The molecule has 0 saturated carbocycles. The largest absolute Gasteiger partial charge is 0.392 e. The summed E-state index contributed by atoms with van der Waals surface area (Å²) in [6, 6.07) is 0.949. The molecule has 54 valence electrons. The van der Waals surface area contributed by atoms with E-state index in [-0.39, 0.29) is 6.10 Å². The van der Waals surface area contributed by atoms with Crippen LogP contribution in [0, 0.1) is 0 Å². The van der Waals surface area contributed by atoms with Gasteiger partial charge < -0.3 is 10.4 Å². The van der Waals surface area contributed by atoms with Crippen molar-refractivity contribution in [3.05, 3.63) is 0 Å². The van der Waals surface area contributed by atoms with Gasteiger partial charge in [0.1, 0.15) is 0 Å². The fraction of sp³-hybridized carbons (Fsp3) is 1.00. The number of hydrogen-bond acceptors (Lipinski definition) is 2. The maximum atomic E-state index is 9.11. The first kappa shape index (κ1) is 7.03. The minimum Gasteiger partial charge on any atom is -0.392 e. The first-order chi connectivity index (χ1) is 4.20. The Bertz CT molecular complexity index is 92.9. The molecule has 1 fully saturated rings. The van der Waals surface area contributed by atoms with Crippen molar-refractivity contribution in [2.75, 3.05) is 0 Å². The number of rotatable bonds is 1. The Morgan fingerprint density at radius 3 is 2.44 bits per heavy atom. The third-order valence-corrected chi connectivity index (χ3v) is 1.99. The van der Waals surface area contributed by atoms with Crippen LogP contribution in [0.4, 0.5) is 0 Å². The third-order valence-electron chi connectivity index (χ3n) is 1.99. The molecule has 0 amide bonds. The summed E-state index contributed by atoms with van der Waals surface area (Å²) < 4.78 is 0. The molecule has 1 saturated heterocycles. The van der Waals surface area contributed by atoms with Crippen LogP contribution in [0.3, 0.4) is 0 Å². The maximum absolute atomic E-state index is 9.11. The first-order valence-electron chi connectivity index (χ1n) is 3.64. The minimum absolute atomic E-state index is 0.185. The zero-order valence-corrected chi connectivity index (χ0v) is 6.09. The molecule has 2 N–H and O–H groups in total. The second kappa shape index (κ2) is 2.67. The normalized spacial score (nSPS) is 39.0. The predicted molar refractivity (Wildman–Crippen MR) is 37.3 cm³/mol. The van der Waals surface area contributed by atoms with Crippen LogP contribution < -0.4 is 5.32 Å². The summed E-state index contributed by atoms with van der Waals surface area (Å²) in [4.78, 5) is 0. The zero-order chi connectivity index (χ0) is 6.85. The van der Waals surface area contributed by atoms with Crippen LogP contribution in [-0.2, 0) is 0 Å². The highest BCUT2D eigenvalue weighted by Gasteiger charge is 2.23. The Morgan fingerprint density at radius 2 is 2.22 bits per heavy atom. The summed E-state index contributed by atoms with van der Waals surface area (Å²) in [5.74, 6) is 0. The van der Waals surface area contributed by atoms with Crippen molar-refractivity contribution in [2.24, 2.45) is 0 Å². The Hall–Kier alpha value is -0.0800. The summed E-state index contributed by atoms with van der Waals surface area (Å²) in [7, 11) is 0. The lowest BCUT2D eigenvalue weighted by Gasteiger charge is -2.13. The van der Waals surface area contributed by atoms with Gasteiger partial charge in [0.25, 0.3) is 0 Å². The van der Waals surface area contributed by atoms with Crippen molar-refractivity contribution in [3.8, 4) is 0 Å². The maximum Gasteiger partial charge on any atom is 0.0665 e. The SMILES string of the molecule is CC1CCC([C@@H](C)O)N1. The van der Waals surface area contributed by atoms with E-state index in [1.807, 2.05) is 6.92 Å². The van der Waals surface area contributed by atoms with E-state index < -0.39 is 0 Å². The topological polar surface area (TPSA) is 32.3 Å². The van der Waals surface area contributed by atoms with Crippen LogP contribution in [0.15, 0.2) is 0 Å². The van der Waals surface area contributed by atoms with Gasteiger partial charge in [0.05, 0.1) is 6.10 Å². The van der Waals surface area contributed by atoms with Crippen LogP contribution in [0.1, 0.15) is 26.7 Å². The van der Waals surface area contributed by atoms with Gasteiger partial charge in [-0.05, 0) is 26.7 Å². The fourth-order valence-corrected chi connectivity index (χ4v) is 1.34. The van der Waals surface area contributed by atoms with Crippen LogP contribution >= 0.6 is 0 Å². The van der Waals surface area contributed by atoms with Crippen LogP contribution in [0.25, 0.3) is 0 Å². The number of hydrogen-bond donors (Lipinski definition) is 2. The van der Waals surface area contributed by atoms with Gasteiger partial charge in [-0.1, -0.05) is 0 Å². The van der Waals surface area contributed by atoms with Crippen LogP contribution in [0.5, 0.6) is 0 Å². The van der Waals surface area contributed by atoms with Crippen molar-refractivity contribution >= 4 is 0 Å². The third kappa shape index (κ3) is 1.66. The molecule has 1 aliphatic rings. The zero-order valence-electron chi connectivity index (χ0n) is 6.09. The van der Waals surface area contributed by atoms with Gasteiger partial charge in [0, 0.05) is 12.1 Å². The van der Waals surface area contributed by atoms with Crippen molar-refractivity contribution in [1.29, 1.82) is 0 Å². The van der Waals surface area contributed by atoms with E-state index in [0.717, 1.165) is 6.42 Å². The Morgan fingerprint density at radius 1 is 1.56 bits per heavy atom. The van der Waals surface area contributed by atoms with E-state index in [1.54, 1.807) is 0 Å².